The summed E-state index contributed by atoms with van der Waals surface area (Å²) >= 11 is 6.11. The fraction of sp³-hybridized carbons (Fsp3) is 0.188. The van der Waals surface area contributed by atoms with Gasteiger partial charge in [0.25, 0.3) is 0 Å². The average Bonchev–Trinajstić information content (AvgIpc) is 3.23. The van der Waals surface area contributed by atoms with Crippen LogP contribution in [0.25, 0.3) is 22.4 Å². The van der Waals surface area contributed by atoms with Crippen LogP contribution in [0.4, 0.5) is 10.1 Å². The molecule has 0 amide bonds. The molecule has 0 unspecified atom stereocenters. The van der Waals surface area contributed by atoms with Gasteiger partial charge in [0, 0.05) is 11.6 Å². The van der Waals surface area contributed by atoms with Crippen LogP contribution in [-0.4, -0.2) is 9.55 Å². The Morgan fingerprint density at radius 3 is 2.71 bits per heavy atom. The lowest BCUT2D eigenvalue weighted by molar-refractivity contribution is 0.637. The second kappa shape index (κ2) is 4.46. The quantitative estimate of drug-likeness (QED) is 0.712. The zero-order valence-corrected chi connectivity index (χ0v) is 11.9. The van der Waals surface area contributed by atoms with Gasteiger partial charge in [0.05, 0.1) is 16.2 Å². The maximum absolute atomic E-state index is 14.0. The Kier molecular flexibility index (Phi) is 2.69. The van der Waals surface area contributed by atoms with E-state index in [1.165, 1.54) is 6.07 Å². The summed E-state index contributed by atoms with van der Waals surface area (Å²) in [7, 11) is 0. The first-order valence-corrected chi connectivity index (χ1v) is 7.25. The molecule has 1 aliphatic rings. The third kappa shape index (κ3) is 1.90. The summed E-state index contributed by atoms with van der Waals surface area (Å²) in [5.41, 5.74) is 8.52. The van der Waals surface area contributed by atoms with Gasteiger partial charge in [-0.05, 0) is 37.1 Å². The molecular formula is C16H13ClFN3. The summed E-state index contributed by atoms with van der Waals surface area (Å²) in [6, 6.07) is 10.9. The fourth-order valence-electron chi connectivity index (χ4n) is 2.71. The zero-order valence-electron chi connectivity index (χ0n) is 11.2. The van der Waals surface area contributed by atoms with Crippen LogP contribution in [0.2, 0.25) is 5.02 Å². The number of anilines is 1. The maximum atomic E-state index is 14.0. The van der Waals surface area contributed by atoms with E-state index in [1.807, 2.05) is 18.2 Å². The second-order valence-corrected chi connectivity index (χ2v) is 5.75. The van der Waals surface area contributed by atoms with E-state index < -0.39 is 0 Å². The van der Waals surface area contributed by atoms with Crippen LogP contribution in [0, 0.1) is 5.82 Å². The fourth-order valence-corrected chi connectivity index (χ4v) is 2.88. The zero-order chi connectivity index (χ0) is 14.6. The monoisotopic (exact) mass is 301 g/mol. The number of benzene rings is 2. The van der Waals surface area contributed by atoms with Crippen LogP contribution in [0.15, 0.2) is 36.4 Å². The molecule has 0 saturated heterocycles. The summed E-state index contributed by atoms with van der Waals surface area (Å²) in [4.78, 5) is 4.49. The molecule has 3 aromatic rings. The predicted molar refractivity (Wildman–Crippen MR) is 82.8 cm³/mol. The summed E-state index contributed by atoms with van der Waals surface area (Å²) < 4.78 is 16.1. The Morgan fingerprint density at radius 1 is 1.19 bits per heavy atom. The van der Waals surface area contributed by atoms with Crippen LogP contribution in [0.1, 0.15) is 18.9 Å². The summed E-state index contributed by atoms with van der Waals surface area (Å²) in [6.07, 6.45) is 2.16. The van der Waals surface area contributed by atoms with Gasteiger partial charge in [-0.3, -0.25) is 0 Å². The van der Waals surface area contributed by atoms with Crippen molar-refractivity contribution in [2.24, 2.45) is 0 Å². The Morgan fingerprint density at radius 2 is 1.95 bits per heavy atom. The van der Waals surface area contributed by atoms with Gasteiger partial charge in [-0.15, -0.1) is 0 Å². The molecule has 4 rings (SSSR count). The lowest BCUT2D eigenvalue weighted by Crippen LogP contribution is -2.00. The third-order valence-corrected chi connectivity index (χ3v) is 4.21. The smallest absolute Gasteiger partial charge is 0.151 e. The van der Waals surface area contributed by atoms with Crippen molar-refractivity contribution in [3.63, 3.8) is 0 Å². The van der Waals surface area contributed by atoms with Crippen molar-refractivity contribution >= 4 is 28.3 Å². The molecule has 0 spiro atoms. The summed E-state index contributed by atoms with van der Waals surface area (Å²) in [5, 5.41) is 0.488. The van der Waals surface area contributed by atoms with E-state index in [4.69, 9.17) is 17.3 Å². The maximum Gasteiger partial charge on any atom is 0.151 e. The van der Waals surface area contributed by atoms with Crippen LogP contribution < -0.4 is 5.73 Å². The number of nitrogen functional groups attached to an aromatic ring is 1. The van der Waals surface area contributed by atoms with Gasteiger partial charge in [-0.25, -0.2) is 9.37 Å². The van der Waals surface area contributed by atoms with E-state index in [1.54, 1.807) is 12.1 Å². The molecule has 1 saturated carbocycles. The van der Waals surface area contributed by atoms with Gasteiger partial charge in [0.2, 0.25) is 0 Å². The van der Waals surface area contributed by atoms with Crippen molar-refractivity contribution in [2.75, 3.05) is 5.73 Å². The van der Waals surface area contributed by atoms with Crippen LogP contribution in [0.3, 0.4) is 0 Å². The molecule has 0 bridgehead atoms. The standard InChI is InChI=1S/C16H13ClFN3/c17-11-4-1-3-10(14(11)19)16-20-15-12(18)5-2-6-13(15)21(16)9-7-8-9/h1-6,9H,7-8,19H2. The lowest BCUT2D eigenvalue weighted by Gasteiger charge is -2.10. The second-order valence-electron chi connectivity index (χ2n) is 5.35. The highest BCUT2D eigenvalue weighted by Crippen LogP contribution is 2.43. The Balaban J connectivity index is 2.06. The van der Waals surface area contributed by atoms with Crippen LogP contribution >= 0.6 is 11.6 Å². The first kappa shape index (κ1) is 12.7. The van der Waals surface area contributed by atoms with Crippen LogP contribution in [0.5, 0.6) is 0 Å². The minimum Gasteiger partial charge on any atom is -0.397 e. The lowest BCUT2D eigenvalue weighted by atomic mass is 10.1. The molecule has 0 atom stereocenters. The topological polar surface area (TPSA) is 43.8 Å². The first-order valence-electron chi connectivity index (χ1n) is 6.87. The molecule has 2 N–H and O–H groups in total. The number of imidazole rings is 1. The molecule has 1 heterocycles. The highest BCUT2D eigenvalue weighted by Gasteiger charge is 2.30. The van der Waals surface area contributed by atoms with E-state index >= 15 is 0 Å². The van der Waals surface area contributed by atoms with Crippen molar-refractivity contribution < 1.29 is 4.39 Å². The van der Waals surface area contributed by atoms with Gasteiger partial charge in [0.1, 0.15) is 11.3 Å². The van der Waals surface area contributed by atoms with E-state index in [9.17, 15) is 4.39 Å². The van der Waals surface area contributed by atoms with Gasteiger partial charge < -0.3 is 10.3 Å². The molecule has 1 aliphatic carbocycles. The molecule has 1 aromatic heterocycles. The number of fused-ring (bicyclic) bond motifs is 1. The molecular weight excluding hydrogens is 289 g/mol. The molecule has 21 heavy (non-hydrogen) atoms. The van der Waals surface area contributed by atoms with Crippen molar-refractivity contribution in [3.05, 3.63) is 47.2 Å². The number of hydrogen-bond acceptors (Lipinski definition) is 2. The van der Waals surface area contributed by atoms with E-state index in [0.717, 1.165) is 23.9 Å². The van der Waals surface area contributed by atoms with Crippen molar-refractivity contribution in [1.82, 2.24) is 9.55 Å². The normalized spacial score (nSPS) is 14.8. The largest absolute Gasteiger partial charge is 0.397 e. The number of aromatic nitrogens is 2. The SMILES string of the molecule is Nc1c(Cl)cccc1-c1nc2c(F)cccc2n1C1CC1. The average molecular weight is 302 g/mol. The van der Waals surface area contributed by atoms with Crippen molar-refractivity contribution in [2.45, 2.75) is 18.9 Å². The summed E-state index contributed by atoms with van der Waals surface area (Å²) in [5.74, 6) is 0.381. The molecule has 1 fully saturated rings. The minimum atomic E-state index is -0.311. The molecule has 3 nitrogen and oxygen atoms in total. The Labute approximate surface area is 126 Å². The number of nitrogens with two attached hydrogens (primary N) is 1. The van der Waals surface area contributed by atoms with Crippen molar-refractivity contribution in [1.29, 1.82) is 0 Å². The van der Waals surface area contributed by atoms with Crippen LogP contribution in [-0.2, 0) is 0 Å². The molecule has 5 heteroatoms. The highest BCUT2D eigenvalue weighted by atomic mass is 35.5. The van der Waals surface area contributed by atoms with E-state index in [2.05, 4.69) is 9.55 Å². The highest BCUT2D eigenvalue weighted by molar-refractivity contribution is 6.33. The van der Waals surface area contributed by atoms with Gasteiger partial charge >= 0.3 is 0 Å². The Bertz CT molecular complexity index is 852. The minimum absolute atomic E-state index is 0.311. The number of halogens is 2. The molecule has 0 radical (unpaired) electrons. The molecule has 106 valence electrons. The molecule has 2 aromatic carbocycles. The number of hydrogen-bond donors (Lipinski definition) is 1. The number of nitrogens with zero attached hydrogens (tertiary/aromatic N) is 2. The van der Waals surface area contributed by atoms with Gasteiger partial charge in [-0.1, -0.05) is 23.7 Å². The Hall–Kier alpha value is -2.07. The van der Waals surface area contributed by atoms with Crippen molar-refractivity contribution in [3.8, 4) is 11.4 Å². The number of rotatable bonds is 2. The molecule has 0 aliphatic heterocycles. The predicted octanol–water partition coefficient (Wildman–Crippen LogP) is 4.41. The van der Waals surface area contributed by atoms with Gasteiger partial charge in [0.15, 0.2) is 5.82 Å². The summed E-state index contributed by atoms with van der Waals surface area (Å²) in [6.45, 7) is 0. The first-order chi connectivity index (χ1) is 10.2. The van der Waals surface area contributed by atoms with Gasteiger partial charge in [-0.2, -0.15) is 0 Å². The van der Waals surface area contributed by atoms with E-state index in [0.29, 0.717) is 28.1 Å². The van der Waals surface area contributed by atoms with E-state index in [-0.39, 0.29) is 5.82 Å². The number of para-hydroxylation sites is 2. The third-order valence-electron chi connectivity index (χ3n) is 3.88.